The fraction of sp³-hybridized carbons (Fsp3) is 0.105. The topological polar surface area (TPSA) is 105 Å². The van der Waals surface area contributed by atoms with Crippen LogP contribution in [0.15, 0.2) is 54.9 Å². The smallest absolute Gasteiger partial charge is 0.221 e. The Kier molecular flexibility index (Phi) is 4.98. The molecule has 0 fully saturated rings. The van der Waals surface area contributed by atoms with Crippen molar-refractivity contribution in [1.82, 2.24) is 9.97 Å². The molecule has 2 aromatic carbocycles. The number of anilines is 6. The number of nitrogens with two attached hydrogens (primary N) is 1. The van der Waals surface area contributed by atoms with E-state index in [1.165, 1.54) is 18.8 Å². The highest BCUT2D eigenvalue weighted by molar-refractivity contribution is 5.89. The Morgan fingerprint density at radius 3 is 1.81 bits per heavy atom. The lowest BCUT2D eigenvalue weighted by Crippen LogP contribution is -2.06. The SMILES string of the molecule is CC(=O)Nc1ccc(Nc2ncnc(Nc3ccc(C)cc3)c2N)cc1. The van der Waals surface area contributed by atoms with Gasteiger partial charge in [-0.1, -0.05) is 17.7 Å². The van der Waals surface area contributed by atoms with Gasteiger partial charge in [0.05, 0.1) is 0 Å². The van der Waals surface area contributed by atoms with E-state index in [1.54, 1.807) is 12.1 Å². The van der Waals surface area contributed by atoms with E-state index in [0.717, 1.165) is 17.1 Å². The van der Waals surface area contributed by atoms with Crippen LogP contribution in [0.3, 0.4) is 0 Å². The van der Waals surface area contributed by atoms with Gasteiger partial charge in [-0.3, -0.25) is 4.79 Å². The highest BCUT2D eigenvalue weighted by Crippen LogP contribution is 2.28. The summed E-state index contributed by atoms with van der Waals surface area (Å²) in [6.45, 7) is 3.50. The maximum absolute atomic E-state index is 11.1. The lowest BCUT2D eigenvalue weighted by molar-refractivity contribution is -0.114. The first-order valence-corrected chi connectivity index (χ1v) is 8.10. The number of benzene rings is 2. The number of amides is 1. The molecule has 0 radical (unpaired) electrons. The molecule has 1 aromatic heterocycles. The van der Waals surface area contributed by atoms with E-state index in [1.807, 2.05) is 43.3 Å². The molecule has 0 unspecified atom stereocenters. The molecule has 3 rings (SSSR count). The van der Waals surface area contributed by atoms with Gasteiger partial charge in [-0.2, -0.15) is 0 Å². The van der Waals surface area contributed by atoms with Crippen molar-refractivity contribution in [3.8, 4) is 0 Å². The van der Waals surface area contributed by atoms with Crippen LogP contribution in [0, 0.1) is 6.92 Å². The maximum atomic E-state index is 11.1. The summed E-state index contributed by atoms with van der Waals surface area (Å²) in [5, 5.41) is 9.07. The number of aryl methyl sites for hydroxylation is 1. The first kappa shape index (κ1) is 17.2. The van der Waals surface area contributed by atoms with E-state index >= 15 is 0 Å². The van der Waals surface area contributed by atoms with Crippen LogP contribution in [0.2, 0.25) is 0 Å². The molecule has 0 saturated heterocycles. The number of hydrogen-bond donors (Lipinski definition) is 4. The molecule has 1 amide bonds. The van der Waals surface area contributed by atoms with Crippen LogP contribution in [0.4, 0.5) is 34.4 Å². The minimum atomic E-state index is -0.113. The first-order chi connectivity index (χ1) is 12.5. The quantitative estimate of drug-likeness (QED) is 0.559. The van der Waals surface area contributed by atoms with Gasteiger partial charge in [0.1, 0.15) is 12.0 Å². The second-order valence-corrected chi connectivity index (χ2v) is 5.86. The van der Waals surface area contributed by atoms with Crippen molar-refractivity contribution in [3.05, 3.63) is 60.4 Å². The summed E-state index contributed by atoms with van der Waals surface area (Å²) in [6, 6.07) is 15.2. The summed E-state index contributed by atoms with van der Waals surface area (Å²) in [5.74, 6) is 0.917. The van der Waals surface area contributed by atoms with Gasteiger partial charge in [0.15, 0.2) is 11.6 Å². The Balaban J connectivity index is 1.76. The Morgan fingerprint density at radius 2 is 1.31 bits per heavy atom. The second-order valence-electron chi connectivity index (χ2n) is 5.86. The van der Waals surface area contributed by atoms with Gasteiger partial charge in [0.25, 0.3) is 0 Å². The molecule has 132 valence electrons. The van der Waals surface area contributed by atoms with Gasteiger partial charge in [-0.15, -0.1) is 0 Å². The fourth-order valence-electron chi connectivity index (χ4n) is 2.35. The van der Waals surface area contributed by atoms with E-state index in [9.17, 15) is 4.79 Å². The van der Waals surface area contributed by atoms with Crippen molar-refractivity contribution < 1.29 is 4.79 Å². The van der Waals surface area contributed by atoms with E-state index in [4.69, 9.17) is 5.73 Å². The molecular weight excluding hydrogens is 328 g/mol. The zero-order valence-electron chi connectivity index (χ0n) is 14.6. The summed E-state index contributed by atoms with van der Waals surface area (Å²) in [6.07, 6.45) is 1.45. The van der Waals surface area contributed by atoms with Gasteiger partial charge in [-0.05, 0) is 43.3 Å². The first-order valence-electron chi connectivity index (χ1n) is 8.10. The van der Waals surface area contributed by atoms with E-state index in [-0.39, 0.29) is 5.91 Å². The highest BCUT2D eigenvalue weighted by atomic mass is 16.1. The van der Waals surface area contributed by atoms with Gasteiger partial charge in [0.2, 0.25) is 5.91 Å². The van der Waals surface area contributed by atoms with Gasteiger partial charge >= 0.3 is 0 Å². The number of nitrogens with one attached hydrogen (secondary N) is 3. The zero-order valence-corrected chi connectivity index (χ0v) is 14.6. The lowest BCUT2D eigenvalue weighted by atomic mass is 10.2. The minimum absolute atomic E-state index is 0.113. The standard InChI is InChI=1S/C19H20N6O/c1-12-3-5-15(6-4-12)24-18-17(20)19(22-11-21-18)25-16-9-7-14(8-10-16)23-13(2)26/h3-11H,20H2,1-2H3,(H,23,26)(H2,21,22,24,25). The molecule has 0 atom stereocenters. The largest absolute Gasteiger partial charge is 0.393 e. The summed E-state index contributed by atoms with van der Waals surface area (Å²) >= 11 is 0. The van der Waals surface area contributed by atoms with E-state index in [2.05, 4.69) is 25.9 Å². The fourth-order valence-corrected chi connectivity index (χ4v) is 2.35. The summed E-state index contributed by atoms with van der Waals surface area (Å²) in [5.41, 5.74) is 10.2. The molecule has 0 spiro atoms. The van der Waals surface area contributed by atoms with Crippen LogP contribution in [0.1, 0.15) is 12.5 Å². The third-order valence-corrected chi connectivity index (χ3v) is 3.67. The number of nitrogens with zero attached hydrogens (tertiary/aromatic N) is 2. The molecule has 0 saturated carbocycles. The number of rotatable bonds is 5. The minimum Gasteiger partial charge on any atom is -0.393 e. The lowest BCUT2D eigenvalue weighted by Gasteiger charge is -2.13. The zero-order chi connectivity index (χ0) is 18.5. The normalized spacial score (nSPS) is 10.2. The molecule has 7 heteroatoms. The number of aromatic nitrogens is 2. The summed E-state index contributed by atoms with van der Waals surface area (Å²) < 4.78 is 0. The van der Waals surface area contributed by atoms with Crippen molar-refractivity contribution in [1.29, 1.82) is 0 Å². The number of carbonyl (C=O) groups is 1. The Hall–Kier alpha value is -3.61. The molecule has 3 aromatic rings. The predicted octanol–water partition coefficient (Wildman–Crippen LogP) is 3.81. The predicted molar refractivity (Wildman–Crippen MR) is 105 cm³/mol. The Morgan fingerprint density at radius 1 is 0.846 bits per heavy atom. The molecule has 0 bridgehead atoms. The number of nitrogen functional groups attached to an aromatic ring is 1. The van der Waals surface area contributed by atoms with Crippen LogP contribution in [0.5, 0.6) is 0 Å². The molecule has 0 aliphatic heterocycles. The molecule has 0 aliphatic carbocycles. The van der Waals surface area contributed by atoms with Gasteiger partial charge in [-0.25, -0.2) is 9.97 Å². The second kappa shape index (κ2) is 7.52. The maximum Gasteiger partial charge on any atom is 0.221 e. The van der Waals surface area contributed by atoms with Crippen molar-refractivity contribution >= 4 is 40.3 Å². The number of carbonyl (C=O) groups excluding carboxylic acids is 1. The van der Waals surface area contributed by atoms with Crippen LogP contribution in [-0.2, 0) is 4.79 Å². The van der Waals surface area contributed by atoms with Gasteiger partial charge in [0, 0.05) is 24.0 Å². The summed E-state index contributed by atoms with van der Waals surface area (Å²) in [7, 11) is 0. The average Bonchev–Trinajstić information content (AvgIpc) is 2.61. The van der Waals surface area contributed by atoms with Gasteiger partial charge < -0.3 is 21.7 Å². The van der Waals surface area contributed by atoms with Crippen molar-refractivity contribution in [2.24, 2.45) is 0 Å². The average molecular weight is 348 g/mol. The summed E-state index contributed by atoms with van der Waals surface area (Å²) in [4.78, 5) is 19.5. The molecule has 26 heavy (non-hydrogen) atoms. The van der Waals surface area contributed by atoms with Crippen LogP contribution >= 0.6 is 0 Å². The van der Waals surface area contributed by atoms with E-state index < -0.39 is 0 Å². The highest BCUT2D eigenvalue weighted by Gasteiger charge is 2.09. The van der Waals surface area contributed by atoms with Crippen LogP contribution in [-0.4, -0.2) is 15.9 Å². The molecular formula is C19H20N6O. The van der Waals surface area contributed by atoms with Crippen molar-refractivity contribution in [2.75, 3.05) is 21.7 Å². The Labute approximate surface area is 151 Å². The van der Waals surface area contributed by atoms with Crippen LogP contribution in [0.25, 0.3) is 0 Å². The Bertz CT molecular complexity index is 906. The molecule has 5 N–H and O–H groups in total. The van der Waals surface area contributed by atoms with Crippen LogP contribution < -0.4 is 21.7 Å². The molecule has 1 heterocycles. The monoisotopic (exact) mass is 348 g/mol. The molecule has 0 aliphatic rings. The van der Waals surface area contributed by atoms with Crippen molar-refractivity contribution in [3.63, 3.8) is 0 Å². The number of hydrogen-bond acceptors (Lipinski definition) is 6. The third kappa shape index (κ3) is 4.27. The van der Waals surface area contributed by atoms with Crippen molar-refractivity contribution in [2.45, 2.75) is 13.8 Å². The third-order valence-electron chi connectivity index (χ3n) is 3.67. The molecule has 7 nitrogen and oxygen atoms in total. The van der Waals surface area contributed by atoms with E-state index in [0.29, 0.717) is 17.3 Å².